The first kappa shape index (κ1) is 11.6. The van der Waals surface area contributed by atoms with Crippen molar-refractivity contribution in [2.24, 2.45) is 5.73 Å². The third-order valence-corrected chi connectivity index (χ3v) is 3.93. The quantitative estimate of drug-likeness (QED) is 0.866. The monoisotopic (exact) mass is 255 g/mol. The summed E-state index contributed by atoms with van der Waals surface area (Å²) in [4.78, 5) is 0.797. The Hall–Kier alpha value is -0.900. The number of halogens is 2. The van der Waals surface area contributed by atoms with Gasteiger partial charge in [0, 0.05) is 10.4 Å². The summed E-state index contributed by atoms with van der Waals surface area (Å²) in [5.74, 6) is -0.250. The van der Waals surface area contributed by atoms with Crippen molar-refractivity contribution in [3.8, 4) is 0 Å². The molecule has 1 aromatic heterocycles. The van der Waals surface area contributed by atoms with Gasteiger partial charge in [0.2, 0.25) is 0 Å². The minimum absolute atomic E-state index is 0.250. The van der Waals surface area contributed by atoms with Crippen LogP contribution >= 0.6 is 22.9 Å². The second-order valence-electron chi connectivity index (χ2n) is 3.59. The van der Waals surface area contributed by atoms with Gasteiger partial charge in [0.1, 0.15) is 5.82 Å². The number of rotatable bonds is 2. The van der Waals surface area contributed by atoms with Crippen LogP contribution in [-0.4, -0.2) is 0 Å². The SMILES string of the molecule is Cc1cccc(C(N)c2sccc2Cl)c1F. The maximum Gasteiger partial charge on any atom is 0.131 e. The fourth-order valence-electron chi connectivity index (χ4n) is 1.58. The minimum Gasteiger partial charge on any atom is -0.319 e. The van der Waals surface area contributed by atoms with Crippen LogP contribution in [0.2, 0.25) is 5.02 Å². The molecule has 0 radical (unpaired) electrons. The molecule has 16 heavy (non-hydrogen) atoms. The van der Waals surface area contributed by atoms with Gasteiger partial charge in [-0.25, -0.2) is 4.39 Å². The van der Waals surface area contributed by atoms with Crippen molar-refractivity contribution in [3.63, 3.8) is 0 Å². The molecule has 2 aromatic rings. The third-order valence-electron chi connectivity index (χ3n) is 2.48. The summed E-state index contributed by atoms with van der Waals surface area (Å²) in [7, 11) is 0. The molecule has 0 aliphatic rings. The highest BCUT2D eigenvalue weighted by Crippen LogP contribution is 2.32. The molecular formula is C12H11ClFNS. The van der Waals surface area contributed by atoms with E-state index in [-0.39, 0.29) is 5.82 Å². The Morgan fingerprint density at radius 1 is 1.38 bits per heavy atom. The van der Waals surface area contributed by atoms with E-state index < -0.39 is 6.04 Å². The summed E-state index contributed by atoms with van der Waals surface area (Å²) < 4.78 is 13.9. The zero-order valence-corrected chi connectivity index (χ0v) is 10.3. The van der Waals surface area contributed by atoms with E-state index in [0.29, 0.717) is 16.1 Å². The zero-order chi connectivity index (χ0) is 11.7. The molecule has 1 nitrogen and oxygen atoms in total. The van der Waals surface area contributed by atoms with Crippen molar-refractivity contribution in [3.05, 3.63) is 56.5 Å². The first-order chi connectivity index (χ1) is 7.61. The molecule has 0 amide bonds. The molecule has 0 saturated heterocycles. The first-order valence-corrected chi connectivity index (χ1v) is 6.10. The Bertz CT molecular complexity index is 509. The first-order valence-electron chi connectivity index (χ1n) is 4.84. The molecule has 2 rings (SSSR count). The molecule has 1 aromatic carbocycles. The molecule has 1 atom stereocenters. The lowest BCUT2D eigenvalue weighted by Crippen LogP contribution is -2.13. The number of hydrogen-bond acceptors (Lipinski definition) is 2. The Labute approximate surface area is 103 Å². The molecule has 0 bridgehead atoms. The zero-order valence-electron chi connectivity index (χ0n) is 8.71. The Balaban J connectivity index is 2.46. The van der Waals surface area contributed by atoms with Crippen molar-refractivity contribution in [2.45, 2.75) is 13.0 Å². The summed E-state index contributed by atoms with van der Waals surface area (Å²) in [5.41, 5.74) is 7.11. The predicted octanol–water partition coefficient (Wildman–Crippen LogP) is 3.90. The van der Waals surface area contributed by atoms with Crippen LogP contribution in [0.15, 0.2) is 29.6 Å². The highest BCUT2D eigenvalue weighted by molar-refractivity contribution is 7.10. The van der Waals surface area contributed by atoms with Gasteiger partial charge < -0.3 is 5.73 Å². The highest BCUT2D eigenvalue weighted by Gasteiger charge is 2.18. The topological polar surface area (TPSA) is 26.0 Å². The van der Waals surface area contributed by atoms with Gasteiger partial charge in [-0.3, -0.25) is 0 Å². The van der Waals surface area contributed by atoms with Crippen LogP contribution in [0, 0.1) is 12.7 Å². The largest absolute Gasteiger partial charge is 0.319 e. The summed E-state index contributed by atoms with van der Waals surface area (Å²) in [6.45, 7) is 1.72. The van der Waals surface area contributed by atoms with Crippen molar-refractivity contribution in [1.29, 1.82) is 0 Å². The summed E-state index contributed by atoms with van der Waals surface area (Å²) in [6, 6.07) is 6.50. The smallest absolute Gasteiger partial charge is 0.131 e. The summed E-state index contributed by atoms with van der Waals surface area (Å²) in [6.07, 6.45) is 0. The van der Waals surface area contributed by atoms with E-state index in [0.717, 1.165) is 4.88 Å². The minimum atomic E-state index is -0.493. The van der Waals surface area contributed by atoms with Crippen molar-refractivity contribution < 1.29 is 4.39 Å². The second kappa shape index (κ2) is 4.53. The molecular weight excluding hydrogens is 245 g/mol. The van der Waals surface area contributed by atoms with Gasteiger partial charge in [0.15, 0.2) is 0 Å². The molecule has 84 valence electrons. The normalized spacial score (nSPS) is 12.8. The number of thiophene rings is 1. The van der Waals surface area contributed by atoms with Gasteiger partial charge in [-0.05, 0) is 23.9 Å². The van der Waals surface area contributed by atoms with Crippen molar-refractivity contribution in [2.75, 3.05) is 0 Å². The Morgan fingerprint density at radius 2 is 2.12 bits per heavy atom. The van der Waals surface area contributed by atoms with Crippen LogP contribution in [0.3, 0.4) is 0 Å². The molecule has 0 fully saturated rings. The van der Waals surface area contributed by atoms with E-state index in [9.17, 15) is 4.39 Å². The maximum atomic E-state index is 13.9. The van der Waals surface area contributed by atoms with Gasteiger partial charge in [0.25, 0.3) is 0 Å². The van der Waals surface area contributed by atoms with E-state index in [2.05, 4.69) is 0 Å². The average molecular weight is 256 g/mol. The van der Waals surface area contributed by atoms with E-state index in [1.54, 1.807) is 31.2 Å². The number of aryl methyl sites for hydroxylation is 1. The summed E-state index contributed by atoms with van der Waals surface area (Å²) >= 11 is 7.43. The molecule has 0 spiro atoms. The Morgan fingerprint density at radius 3 is 2.75 bits per heavy atom. The lowest BCUT2D eigenvalue weighted by Gasteiger charge is -2.13. The van der Waals surface area contributed by atoms with E-state index >= 15 is 0 Å². The molecule has 4 heteroatoms. The van der Waals surface area contributed by atoms with Gasteiger partial charge in [-0.15, -0.1) is 11.3 Å². The number of hydrogen-bond donors (Lipinski definition) is 1. The summed E-state index contributed by atoms with van der Waals surface area (Å²) in [5, 5.41) is 2.45. The van der Waals surface area contributed by atoms with Gasteiger partial charge in [-0.1, -0.05) is 29.8 Å². The van der Waals surface area contributed by atoms with Crippen LogP contribution in [0.5, 0.6) is 0 Å². The molecule has 0 saturated carbocycles. The Kier molecular flexibility index (Phi) is 3.28. The number of benzene rings is 1. The number of nitrogens with two attached hydrogens (primary N) is 1. The van der Waals surface area contributed by atoms with E-state index in [1.165, 1.54) is 11.3 Å². The van der Waals surface area contributed by atoms with E-state index in [1.807, 2.05) is 5.38 Å². The molecule has 2 N–H and O–H groups in total. The fourth-order valence-corrected chi connectivity index (χ4v) is 2.77. The lowest BCUT2D eigenvalue weighted by molar-refractivity contribution is 0.592. The van der Waals surface area contributed by atoms with Crippen LogP contribution in [0.4, 0.5) is 4.39 Å². The molecule has 1 unspecified atom stereocenters. The van der Waals surface area contributed by atoms with Gasteiger partial charge in [0.05, 0.1) is 11.1 Å². The van der Waals surface area contributed by atoms with Crippen molar-refractivity contribution >= 4 is 22.9 Å². The van der Waals surface area contributed by atoms with E-state index in [4.69, 9.17) is 17.3 Å². The molecule has 0 aliphatic carbocycles. The van der Waals surface area contributed by atoms with Gasteiger partial charge >= 0.3 is 0 Å². The molecule has 0 aliphatic heterocycles. The standard InChI is InChI=1S/C12H11ClFNS/c1-7-3-2-4-8(10(7)14)11(15)12-9(13)5-6-16-12/h2-6,11H,15H2,1H3. The third kappa shape index (κ3) is 1.98. The molecule has 1 heterocycles. The lowest BCUT2D eigenvalue weighted by atomic mass is 10.0. The van der Waals surface area contributed by atoms with Crippen LogP contribution in [-0.2, 0) is 0 Å². The fraction of sp³-hybridized carbons (Fsp3) is 0.167. The maximum absolute atomic E-state index is 13.9. The highest BCUT2D eigenvalue weighted by atomic mass is 35.5. The van der Waals surface area contributed by atoms with Crippen LogP contribution in [0.25, 0.3) is 0 Å². The van der Waals surface area contributed by atoms with Gasteiger partial charge in [-0.2, -0.15) is 0 Å². The average Bonchev–Trinajstić information content (AvgIpc) is 2.68. The predicted molar refractivity (Wildman–Crippen MR) is 66.5 cm³/mol. The van der Waals surface area contributed by atoms with Crippen LogP contribution < -0.4 is 5.73 Å². The van der Waals surface area contributed by atoms with Crippen LogP contribution in [0.1, 0.15) is 22.0 Å². The van der Waals surface area contributed by atoms with Crippen molar-refractivity contribution in [1.82, 2.24) is 0 Å². The second-order valence-corrected chi connectivity index (χ2v) is 4.94.